The van der Waals surface area contributed by atoms with Crippen LogP contribution in [0, 0.1) is 6.92 Å². The lowest BCUT2D eigenvalue weighted by atomic mass is 10.2. The van der Waals surface area contributed by atoms with Crippen molar-refractivity contribution >= 4 is 11.8 Å². The van der Waals surface area contributed by atoms with E-state index in [1.54, 1.807) is 31.2 Å². The summed E-state index contributed by atoms with van der Waals surface area (Å²) in [7, 11) is 0. The Kier molecular flexibility index (Phi) is 7.00. The number of nitrogens with zero attached hydrogens (tertiary/aromatic N) is 3. The summed E-state index contributed by atoms with van der Waals surface area (Å²) in [6.07, 6.45) is 4.51. The highest BCUT2D eigenvalue weighted by molar-refractivity contribution is 5.96. The third kappa shape index (κ3) is 5.55. The number of likely N-dealkylation sites (tertiary alicyclic amines) is 1. The van der Waals surface area contributed by atoms with E-state index in [4.69, 9.17) is 9.26 Å². The zero-order valence-electron chi connectivity index (χ0n) is 16.1. The molecule has 28 heavy (non-hydrogen) atoms. The van der Waals surface area contributed by atoms with Crippen molar-refractivity contribution in [3.05, 3.63) is 41.5 Å². The highest BCUT2D eigenvalue weighted by atomic mass is 16.5. The monoisotopic (exact) mass is 386 g/mol. The Hall–Kier alpha value is -2.90. The third-order valence-corrected chi connectivity index (χ3v) is 4.62. The van der Waals surface area contributed by atoms with E-state index < -0.39 is 0 Å². The molecule has 1 aromatic heterocycles. The summed E-state index contributed by atoms with van der Waals surface area (Å²) in [4.78, 5) is 30.5. The Morgan fingerprint density at radius 2 is 2.14 bits per heavy atom. The number of hydrogen-bond acceptors (Lipinski definition) is 6. The number of ether oxygens (including phenoxy) is 1. The molecule has 0 spiro atoms. The van der Waals surface area contributed by atoms with Crippen LogP contribution in [0.4, 0.5) is 0 Å². The Morgan fingerprint density at radius 3 is 2.96 bits per heavy atom. The average Bonchev–Trinajstić information content (AvgIpc) is 3.01. The molecular weight excluding hydrogens is 360 g/mol. The molecule has 0 saturated carbocycles. The van der Waals surface area contributed by atoms with Crippen molar-refractivity contribution in [2.75, 3.05) is 19.6 Å². The van der Waals surface area contributed by atoms with Gasteiger partial charge >= 0.3 is 0 Å². The molecule has 1 aromatic carbocycles. The molecule has 3 rings (SSSR count). The Labute approximate surface area is 164 Å². The lowest BCUT2D eigenvalue weighted by molar-refractivity contribution is -0.130. The average molecular weight is 386 g/mol. The van der Waals surface area contributed by atoms with Crippen LogP contribution < -0.4 is 10.1 Å². The van der Waals surface area contributed by atoms with Gasteiger partial charge in [-0.05, 0) is 31.4 Å². The maximum Gasteiger partial charge on any atom is 0.255 e. The normalized spacial score (nSPS) is 14.6. The molecule has 2 amide bonds. The molecule has 0 unspecified atom stereocenters. The number of rotatable bonds is 8. The summed E-state index contributed by atoms with van der Waals surface area (Å²) in [5, 5.41) is 6.68. The maximum absolute atomic E-state index is 12.5. The van der Waals surface area contributed by atoms with Crippen molar-refractivity contribution in [3.63, 3.8) is 0 Å². The molecule has 0 bridgehead atoms. The van der Waals surface area contributed by atoms with Crippen LogP contribution in [0.2, 0.25) is 0 Å². The zero-order chi connectivity index (χ0) is 19.8. The van der Waals surface area contributed by atoms with Gasteiger partial charge in [-0.1, -0.05) is 23.7 Å². The van der Waals surface area contributed by atoms with Crippen molar-refractivity contribution in [2.45, 2.75) is 45.6 Å². The van der Waals surface area contributed by atoms with E-state index in [1.807, 2.05) is 4.90 Å². The van der Waals surface area contributed by atoms with Gasteiger partial charge in [-0.25, -0.2) is 0 Å². The molecule has 150 valence electrons. The lowest BCUT2D eigenvalue weighted by Gasteiger charge is -2.20. The largest absolute Gasteiger partial charge is 0.485 e. The van der Waals surface area contributed by atoms with Gasteiger partial charge in [0.2, 0.25) is 17.6 Å². The van der Waals surface area contributed by atoms with Crippen molar-refractivity contribution in [1.82, 2.24) is 20.4 Å². The van der Waals surface area contributed by atoms with Gasteiger partial charge in [0.15, 0.2) is 6.61 Å². The van der Waals surface area contributed by atoms with Gasteiger partial charge in [0.25, 0.3) is 5.91 Å². The summed E-state index contributed by atoms with van der Waals surface area (Å²) in [6, 6.07) is 7.04. The second-order valence-electron chi connectivity index (χ2n) is 6.82. The first-order chi connectivity index (χ1) is 13.6. The number of aromatic nitrogens is 2. The molecule has 1 saturated heterocycles. The van der Waals surface area contributed by atoms with Crippen LogP contribution in [0.1, 0.15) is 54.2 Å². The minimum absolute atomic E-state index is 0.124. The second-order valence-corrected chi connectivity index (χ2v) is 6.82. The molecule has 0 aliphatic carbocycles. The Bertz CT molecular complexity index is 805. The van der Waals surface area contributed by atoms with Crippen LogP contribution in [0.5, 0.6) is 5.75 Å². The van der Waals surface area contributed by atoms with Gasteiger partial charge in [0, 0.05) is 33.0 Å². The van der Waals surface area contributed by atoms with Crippen LogP contribution in [-0.4, -0.2) is 46.5 Å². The van der Waals surface area contributed by atoms with E-state index >= 15 is 0 Å². The summed E-state index contributed by atoms with van der Waals surface area (Å²) >= 11 is 0. The number of benzene rings is 1. The van der Waals surface area contributed by atoms with Gasteiger partial charge < -0.3 is 19.5 Å². The number of para-hydroxylation sites is 1. The molecule has 8 nitrogen and oxygen atoms in total. The second kappa shape index (κ2) is 9.87. The SMILES string of the molecule is Cc1nc(COc2ccccc2C(=O)NCCCN2CCCCCC2=O)no1. The number of amides is 2. The van der Waals surface area contributed by atoms with Gasteiger partial charge in [0.05, 0.1) is 5.56 Å². The highest BCUT2D eigenvalue weighted by Crippen LogP contribution is 2.19. The molecule has 1 N–H and O–H groups in total. The van der Waals surface area contributed by atoms with Crippen LogP contribution in [0.15, 0.2) is 28.8 Å². The Morgan fingerprint density at radius 1 is 1.29 bits per heavy atom. The van der Waals surface area contributed by atoms with E-state index in [0.717, 1.165) is 32.2 Å². The van der Waals surface area contributed by atoms with Gasteiger partial charge in [-0.15, -0.1) is 0 Å². The van der Waals surface area contributed by atoms with Gasteiger partial charge in [-0.3, -0.25) is 9.59 Å². The molecular formula is C20H26N4O4. The maximum atomic E-state index is 12.5. The molecule has 1 aliphatic heterocycles. The zero-order valence-corrected chi connectivity index (χ0v) is 16.1. The fraction of sp³-hybridized carbons (Fsp3) is 0.500. The van der Waals surface area contributed by atoms with E-state index in [-0.39, 0.29) is 18.4 Å². The number of hydrogen-bond donors (Lipinski definition) is 1. The van der Waals surface area contributed by atoms with Crippen molar-refractivity contribution < 1.29 is 18.8 Å². The summed E-state index contributed by atoms with van der Waals surface area (Å²) in [6.45, 7) is 3.82. The summed E-state index contributed by atoms with van der Waals surface area (Å²) < 4.78 is 10.6. The summed E-state index contributed by atoms with van der Waals surface area (Å²) in [5.74, 6) is 1.37. The minimum atomic E-state index is -0.206. The molecule has 1 fully saturated rings. The van der Waals surface area contributed by atoms with Crippen molar-refractivity contribution in [2.24, 2.45) is 0 Å². The first-order valence-corrected chi connectivity index (χ1v) is 9.70. The van der Waals surface area contributed by atoms with Crippen LogP contribution in [0.25, 0.3) is 0 Å². The van der Waals surface area contributed by atoms with Crippen LogP contribution >= 0.6 is 0 Å². The summed E-state index contributed by atoms with van der Waals surface area (Å²) in [5.41, 5.74) is 0.452. The number of carbonyl (C=O) groups excluding carboxylic acids is 2. The number of carbonyl (C=O) groups is 2. The fourth-order valence-electron chi connectivity index (χ4n) is 3.16. The molecule has 1 aliphatic rings. The Balaban J connectivity index is 1.48. The number of aryl methyl sites for hydroxylation is 1. The van der Waals surface area contributed by atoms with Crippen molar-refractivity contribution in [3.8, 4) is 5.75 Å². The molecule has 0 atom stereocenters. The van der Waals surface area contributed by atoms with E-state index in [9.17, 15) is 9.59 Å². The quantitative estimate of drug-likeness (QED) is 0.700. The smallest absolute Gasteiger partial charge is 0.255 e. The van der Waals surface area contributed by atoms with Gasteiger partial charge in [0.1, 0.15) is 5.75 Å². The minimum Gasteiger partial charge on any atom is -0.485 e. The fourth-order valence-corrected chi connectivity index (χ4v) is 3.16. The topological polar surface area (TPSA) is 97.6 Å². The van der Waals surface area contributed by atoms with Crippen molar-refractivity contribution in [1.29, 1.82) is 0 Å². The first-order valence-electron chi connectivity index (χ1n) is 9.70. The first kappa shape index (κ1) is 19.9. The van der Waals surface area contributed by atoms with E-state index in [1.165, 1.54) is 0 Å². The molecule has 2 aromatic rings. The standard InChI is InChI=1S/C20H26N4O4/c1-15-22-18(23-28-15)14-27-17-9-5-4-8-16(17)20(26)21-11-7-13-24-12-6-2-3-10-19(24)25/h4-5,8-9H,2-3,6-7,10-14H2,1H3,(H,21,26). The number of nitrogens with one attached hydrogen (secondary N) is 1. The highest BCUT2D eigenvalue weighted by Gasteiger charge is 2.16. The molecule has 8 heteroatoms. The third-order valence-electron chi connectivity index (χ3n) is 4.62. The lowest BCUT2D eigenvalue weighted by Crippen LogP contribution is -2.34. The van der Waals surface area contributed by atoms with Gasteiger partial charge in [-0.2, -0.15) is 4.98 Å². The predicted octanol–water partition coefficient (Wildman–Crippen LogP) is 2.48. The molecule has 2 heterocycles. The van der Waals surface area contributed by atoms with Crippen LogP contribution in [-0.2, 0) is 11.4 Å². The van der Waals surface area contributed by atoms with Crippen LogP contribution in [0.3, 0.4) is 0 Å². The molecule has 0 radical (unpaired) electrons. The van der Waals surface area contributed by atoms with E-state index in [0.29, 0.717) is 42.5 Å². The predicted molar refractivity (Wildman–Crippen MR) is 102 cm³/mol. The van der Waals surface area contributed by atoms with E-state index in [2.05, 4.69) is 15.5 Å².